The van der Waals surface area contributed by atoms with Crippen LogP contribution in [0.3, 0.4) is 0 Å². The van der Waals surface area contributed by atoms with Crippen molar-refractivity contribution in [3.63, 3.8) is 0 Å². The summed E-state index contributed by atoms with van der Waals surface area (Å²) in [5.74, 6) is -0.270. The molecule has 0 saturated heterocycles. The first-order chi connectivity index (χ1) is 17.3. The average Bonchev–Trinajstić information content (AvgIpc) is 2.83. The minimum atomic E-state index is -3.54. The molecule has 2 aromatic carbocycles. The molecule has 10 heteroatoms. The normalized spacial score (nSPS) is 12.3. The maximum atomic E-state index is 13.4. The lowest BCUT2D eigenvalue weighted by atomic mass is 10.1. The Labute approximate surface area is 231 Å². The molecule has 0 radical (unpaired) electrons. The number of benzene rings is 2. The molecule has 37 heavy (non-hydrogen) atoms. The third-order valence-corrected chi connectivity index (χ3v) is 7.77. The summed E-state index contributed by atoms with van der Waals surface area (Å²) >= 11 is 12.4. The molecule has 204 valence electrons. The summed E-state index contributed by atoms with van der Waals surface area (Å²) in [5.41, 5.74) is 2.32. The Hall–Kier alpha value is -2.29. The minimum absolute atomic E-state index is 0.0616. The highest BCUT2D eigenvalue weighted by Gasteiger charge is 2.27. The molecular formula is C27H37Cl2N3O4S. The first kappa shape index (κ1) is 30.9. The van der Waals surface area contributed by atoms with Gasteiger partial charge in [-0.25, -0.2) is 8.42 Å². The number of hydrogen-bond donors (Lipinski definition) is 1. The number of aryl methyl sites for hydroxylation is 1. The number of halogens is 2. The number of hydrogen-bond acceptors (Lipinski definition) is 4. The molecule has 1 N–H and O–H groups in total. The highest BCUT2D eigenvalue weighted by Crippen LogP contribution is 2.24. The lowest BCUT2D eigenvalue weighted by Gasteiger charge is -2.30. The standard InChI is InChI=1S/C27H37Cl2N3O4S/c1-6-21-9-13-24(14-10-21)32(37(5,35)36)15-7-8-26(33)31(20(4)27(34)30-17-19(2)3)18-22-11-12-23(28)16-25(22)29/h9-14,16,19-20H,6-8,15,17-18H2,1-5H3,(H,30,34)/t20-/m0/s1. The zero-order valence-electron chi connectivity index (χ0n) is 22.1. The molecule has 0 heterocycles. The SMILES string of the molecule is CCc1ccc(N(CCCC(=O)N(Cc2ccc(Cl)cc2Cl)[C@@H](C)C(=O)NCC(C)C)S(C)(=O)=O)cc1. The number of anilines is 1. The largest absolute Gasteiger partial charge is 0.354 e. The van der Waals surface area contributed by atoms with Crippen molar-refractivity contribution in [3.05, 3.63) is 63.6 Å². The average molecular weight is 571 g/mol. The molecule has 0 aromatic heterocycles. The maximum absolute atomic E-state index is 13.4. The number of sulfonamides is 1. The van der Waals surface area contributed by atoms with E-state index in [-0.39, 0.29) is 43.7 Å². The van der Waals surface area contributed by atoms with Gasteiger partial charge in [-0.15, -0.1) is 0 Å². The van der Waals surface area contributed by atoms with E-state index in [9.17, 15) is 18.0 Å². The van der Waals surface area contributed by atoms with Crippen molar-refractivity contribution < 1.29 is 18.0 Å². The first-order valence-electron chi connectivity index (χ1n) is 12.4. The predicted molar refractivity (Wildman–Crippen MR) is 152 cm³/mol. The Morgan fingerprint density at radius 2 is 1.68 bits per heavy atom. The highest BCUT2D eigenvalue weighted by atomic mass is 35.5. The molecule has 1 atom stereocenters. The van der Waals surface area contributed by atoms with Crippen LogP contribution in [0.25, 0.3) is 0 Å². The molecular weight excluding hydrogens is 533 g/mol. The van der Waals surface area contributed by atoms with Gasteiger partial charge in [0.1, 0.15) is 6.04 Å². The van der Waals surface area contributed by atoms with Gasteiger partial charge in [0.25, 0.3) is 0 Å². The fraction of sp³-hybridized carbons (Fsp3) is 0.481. The van der Waals surface area contributed by atoms with E-state index in [2.05, 4.69) is 5.32 Å². The van der Waals surface area contributed by atoms with Crippen LogP contribution in [-0.2, 0) is 32.6 Å². The summed E-state index contributed by atoms with van der Waals surface area (Å²) in [4.78, 5) is 27.7. The van der Waals surface area contributed by atoms with E-state index in [1.165, 1.54) is 9.21 Å². The van der Waals surface area contributed by atoms with Crippen molar-refractivity contribution in [1.29, 1.82) is 0 Å². The van der Waals surface area contributed by atoms with Gasteiger partial charge < -0.3 is 10.2 Å². The van der Waals surface area contributed by atoms with E-state index in [1.54, 1.807) is 37.3 Å². The third kappa shape index (κ3) is 9.51. The second kappa shape index (κ2) is 14.0. The molecule has 0 spiro atoms. The molecule has 2 aromatic rings. The molecule has 0 unspecified atom stereocenters. The van der Waals surface area contributed by atoms with Gasteiger partial charge in [-0.1, -0.05) is 62.2 Å². The quantitative estimate of drug-likeness (QED) is 0.355. The van der Waals surface area contributed by atoms with Gasteiger partial charge >= 0.3 is 0 Å². The maximum Gasteiger partial charge on any atom is 0.242 e. The Kier molecular flexibility index (Phi) is 11.7. The lowest BCUT2D eigenvalue weighted by Crippen LogP contribution is -2.48. The molecule has 0 saturated carbocycles. The van der Waals surface area contributed by atoms with E-state index in [0.717, 1.165) is 18.2 Å². The number of carbonyl (C=O) groups excluding carboxylic acids is 2. The van der Waals surface area contributed by atoms with Crippen LogP contribution in [0.1, 0.15) is 51.7 Å². The van der Waals surface area contributed by atoms with Crippen LogP contribution in [0, 0.1) is 5.92 Å². The van der Waals surface area contributed by atoms with E-state index < -0.39 is 16.1 Å². The van der Waals surface area contributed by atoms with Crippen LogP contribution in [0.15, 0.2) is 42.5 Å². The molecule has 2 rings (SSSR count). The smallest absolute Gasteiger partial charge is 0.242 e. The van der Waals surface area contributed by atoms with Crippen molar-refractivity contribution >= 4 is 50.7 Å². The highest BCUT2D eigenvalue weighted by molar-refractivity contribution is 7.92. The summed E-state index contributed by atoms with van der Waals surface area (Å²) in [6.45, 7) is 8.44. The van der Waals surface area contributed by atoms with E-state index in [1.807, 2.05) is 32.9 Å². The van der Waals surface area contributed by atoms with Crippen molar-refractivity contribution in [2.75, 3.05) is 23.7 Å². The van der Waals surface area contributed by atoms with Gasteiger partial charge in [0.05, 0.1) is 11.9 Å². The Morgan fingerprint density at radius 1 is 1.03 bits per heavy atom. The second-order valence-corrected chi connectivity index (χ2v) is 12.3. The number of nitrogens with one attached hydrogen (secondary N) is 1. The monoisotopic (exact) mass is 569 g/mol. The predicted octanol–water partition coefficient (Wildman–Crippen LogP) is 5.29. The Balaban J connectivity index is 2.19. The summed E-state index contributed by atoms with van der Waals surface area (Å²) < 4.78 is 26.3. The molecule has 0 bridgehead atoms. The van der Waals surface area contributed by atoms with Gasteiger partial charge in [0.2, 0.25) is 21.8 Å². The molecule has 0 aliphatic carbocycles. The molecule has 7 nitrogen and oxygen atoms in total. The summed E-state index contributed by atoms with van der Waals surface area (Å²) in [7, 11) is -3.54. The molecule has 0 aliphatic rings. The zero-order valence-corrected chi connectivity index (χ0v) is 24.5. The number of rotatable bonds is 13. The van der Waals surface area contributed by atoms with Gasteiger partial charge in [-0.05, 0) is 61.1 Å². The van der Waals surface area contributed by atoms with E-state index in [4.69, 9.17) is 23.2 Å². The fourth-order valence-electron chi connectivity index (χ4n) is 3.77. The van der Waals surface area contributed by atoms with E-state index >= 15 is 0 Å². The Bertz CT molecular complexity index is 1170. The first-order valence-corrected chi connectivity index (χ1v) is 15.0. The number of amides is 2. The summed E-state index contributed by atoms with van der Waals surface area (Å²) in [5, 5.41) is 3.75. The zero-order chi connectivity index (χ0) is 27.8. The van der Waals surface area contributed by atoms with Crippen LogP contribution in [0.4, 0.5) is 5.69 Å². The summed E-state index contributed by atoms with van der Waals surface area (Å²) in [6.07, 6.45) is 2.35. The van der Waals surface area contributed by atoms with Gasteiger partial charge in [-0.3, -0.25) is 13.9 Å². The molecule has 2 amide bonds. The topological polar surface area (TPSA) is 86.8 Å². The third-order valence-electron chi connectivity index (χ3n) is 5.99. The van der Waals surface area contributed by atoms with Crippen molar-refractivity contribution in [3.8, 4) is 0 Å². The minimum Gasteiger partial charge on any atom is -0.354 e. The van der Waals surface area contributed by atoms with Crippen molar-refractivity contribution in [2.45, 2.75) is 59.5 Å². The van der Waals surface area contributed by atoms with Crippen LogP contribution in [-0.4, -0.2) is 50.5 Å². The van der Waals surface area contributed by atoms with Gasteiger partial charge in [0.15, 0.2) is 0 Å². The second-order valence-electron chi connectivity index (χ2n) is 9.53. The van der Waals surface area contributed by atoms with Gasteiger partial charge in [-0.2, -0.15) is 0 Å². The van der Waals surface area contributed by atoms with Gasteiger partial charge in [0, 0.05) is 36.1 Å². The Morgan fingerprint density at radius 3 is 2.22 bits per heavy atom. The van der Waals surface area contributed by atoms with Crippen LogP contribution in [0.2, 0.25) is 10.0 Å². The number of nitrogens with zero attached hydrogens (tertiary/aromatic N) is 2. The van der Waals surface area contributed by atoms with Crippen LogP contribution in [0.5, 0.6) is 0 Å². The van der Waals surface area contributed by atoms with Crippen molar-refractivity contribution in [1.82, 2.24) is 10.2 Å². The fourth-order valence-corrected chi connectivity index (χ4v) is 5.20. The molecule has 0 fully saturated rings. The molecule has 0 aliphatic heterocycles. The number of carbonyl (C=O) groups is 2. The van der Waals surface area contributed by atoms with Crippen molar-refractivity contribution in [2.24, 2.45) is 5.92 Å². The van der Waals surface area contributed by atoms with Crippen LogP contribution >= 0.6 is 23.2 Å². The lowest BCUT2D eigenvalue weighted by molar-refractivity contribution is -0.140. The van der Waals surface area contributed by atoms with Crippen LogP contribution < -0.4 is 9.62 Å². The summed E-state index contributed by atoms with van der Waals surface area (Å²) in [6, 6.07) is 11.6. The van der Waals surface area contributed by atoms with E-state index in [0.29, 0.717) is 27.8 Å².